The Bertz CT molecular complexity index is 444. The summed E-state index contributed by atoms with van der Waals surface area (Å²) in [6, 6.07) is 7.49. The number of nitrogens with two attached hydrogens (primary N) is 1. The van der Waals surface area contributed by atoms with Crippen LogP contribution >= 0.6 is 15.9 Å². The minimum absolute atomic E-state index is 0.417. The van der Waals surface area contributed by atoms with Gasteiger partial charge in [-0.15, -0.1) is 0 Å². The lowest BCUT2D eigenvalue weighted by atomic mass is 9.90. The molecule has 1 aliphatic carbocycles. The predicted molar refractivity (Wildman–Crippen MR) is 91.6 cm³/mol. The fraction of sp³-hybridized carbons (Fsp3) is 0.647. The molecule has 0 unspecified atom stereocenters. The molecule has 3 nitrogen and oxygen atoms in total. The highest BCUT2D eigenvalue weighted by molar-refractivity contribution is 9.10. The lowest BCUT2D eigenvalue weighted by Crippen LogP contribution is -2.40. The summed E-state index contributed by atoms with van der Waals surface area (Å²) in [5, 5.41) is 0. The number of methoxy groups -OCH3 is 1. The second-order valence-corrected chi connectivity index (χ2v) is 6.86. The normalized spacial score (nSPS) is 22.5. The lowest BCUT2D eigenvalue weighted by Gasteiger charge is -2.36. The van der Waals surface area contributed by atoms with Gasteiger partial charge in [0.25, 0.3) is 0 Å². The molecular formula is C17H27BrN2O. The first-order valence-corrected chi connectivity index (χ1v) is 8.75. The van der Waals surface area contributed by atoms with Gasteiger partial charge < -0.3 is 10.5 Å². The van der Waals surface area contributed by atoms with Crippen molar-refractivity contribution in [1.82, 2.24) is 4.90 Å². The summed E-state index contributed by atoms with van der Waals surface area (Å²) in [5.41, 5.74) is 7.38. The number of hydrogen-bond acceptors (Lipinski definition) is 3. The van der Waals surface area contributed by atoms with E-state index in [-0.39, 0.29) is 0 Å². The first-order valence-electron chi connectivity index (χ1n) is 7.96. The number of hydrogen-bond donors (Lipinski definition) is 1. The average Bonchev–Trinajstić information content (AvgIpc) is 2.48. The zero-order chi connectivity index (χ0) is 15.2. The van der Waals surface area contributed by atoms with Crippen LogP contribution in [0.5, 0.6) is 5.75 Å². The summed E-state index contributed by atoms with van der Waals surface area (Å²) >= 11 is 3.58. The van der Waals surface area contributed by atoms with Gasteiger partial charge in [0, 0.05) is 18.6 Å². The van der Waals surface area contributed by atoms with Crippen molar-refractivity contribution in [3.05, 3.63) is 28.2 Å². The van der Waals surface area contributed by atoms with Gasteiger partial charge >= 0.3 is 0 Å². The fourth-order valence-corrected chi connectivity index (χ4v) is 3.78. The molecule has 0 amide bonds. The van der Waals surface area contributed by atoms with E-state index in [9.17, 15) is 0 Å². The van der Waals surface area contributed by atoms with Gasteiger partial charge in [-0.1, -0.05) is 13.0 Å². The Morgan fingerprint density at radius 2 is 2.00 bits per heavy atom. The molecule has 2 rings (SSSR count). The first-order chi connectivity index (χ1) is 10.1. The van der Waals surface area contributed by atoms with Crippen LogP contribution in [0.15, 0.2) is 22.7 Å². The van der Waals surface area contributed by atoms with Crippen molar-refractivity contribution in [2.45, 2.75) is 57.7 Å². The van der Waals surface area contributed by atoms with Crippen LogP contribution in [0.3, 0.4) is 0 Å². The third-order valence-electron chi connectivity index (χ3n) is 4.37. The molecule has 1 aromatic rings. The van der Waals surface area contributed by atoms with Gasteiger partial charge in [-0.2, -0.15) is 0 Å². The highest BCUT2D eigenvalue weighted by Gasteiger charge is 2.23. The van der Waals surface area contributed by atoms with Crippen LogP contribution in [0.4, 0.5) is 0 Å². The summed E-state index contributed by atoms with van der Waals surface area (Å²) in [5.74, 6) is 0.893. The molecule has 0 spiro atoms. The van der Waals surface area contributed by atoms with Crippen molar-refractivity contribution < 1.29 is 4.74 Å². The van der Waals surface area contributed by atoms with Gasteiger partial charge in [-0.3, -0.25) is 4.90 Å². The minimum Gasteiger partial charge on any atom is -0.496 e. The van der Waals surface area contributed by atoms with Gasteiger partial charge in [0.15, 0.2) is 0 Å². The fourth-order valence-electron chi connectivity index (χ4n) is 3.19. The molecule has 0 atom stereocenters. The highest BCUT2D eigenvalue weighted by atomic mass is 79.9. The largest absolute Gasteiger partial charge is 0.496 e. The molecule has 0 radical (unpaired) electrons. The van der Waals surface area contributed by atoms with Gasteiger partial charge in [-0.25, -0.2) is 0 Å². The zero-order valence-corrected chi connectivity index (χ0v) is 14.7. The van der Waals surface area contributed by atoms with E-state index in [1.807, 2.05) is 6.07 Å². The minimum atomic E-state index is 0.417. The summed E-state index contributed by atoms with van der Waals surface area (Å²) in [4.78, 5) is 2.63. The number of benzene rings is 1. The standard InChI is InChI=1S/C17H27BrN2O/c1-3-10-20(15-7-5-14(19)6-8-15)12-13-4-9-17(21-2)16(18)11-13/h4,9,11,14-15H,3,5-8,10,12,19H2,1-2H3. The van der Waals surface area contributed by atoms with Crippen LogP contribution in [-0.2, 0) is 6.54 Å². The van der Waals surface area contributed by atoms with Crippen LogP contribution < -0.4 is 10.5 Å². The molecule has 1 aliphatic rings. The van der Waals surface area contributed by atoms with E-state index in [1.54, 1.807) is 7.11 Å². The third kappa shape index (κ3) is 4.70. The summed E-state index contributed by atoms with van der Waals surface area (Å²) in [7, 11) is 1.70. The zero-order valence-electron chi connectivity index (χ0n) is 13.1. The number of ether oxygens (including phenoxy) is 1. The molecule has 0 aliphatic heterocycles. The third-order valence-corrected chi connectivity index (χ3v) is 4.99. The molecule has 0 saturated heterocycles. The molecule has 21 heavy (non-hydrogen) atoms. The first kappa shape index (κ1) is 16.8. The number of halogens is 1. The summed E-state index contributed by atoms with van der Waals surface area (Å²) in [6.07, 6.45) is 5.99. The van der Waals surface area contributed by atoms with Crippen LogP contribution in [-0.4, -0.2) is 30.6 Å². The molecule has 4 heteroatoms. The van der Waals surface area contributed by atoms with Crippen molar-refractivity contribution >= 4 is 15.9 Å². The lowest BCUT2D eigenvalue weighted by molar-refractivity contribution is 0.142. The molecule has 0 heterocycles. The van der Waals surface area contributed by atoms with E-state index >= 15 is 0 Å². The van der Waals surface area contributed by atoms with E-state index in [0.29, 0.717) is 12.1 Å². The van der Waals surface area contributed by atoms with Crippen molar-refractivity contribution in [3.8, 4) is 5.75 Å². The van der Waals surface area contributed by atoms with Crippen molar-refractivity contribution in [3.63, 3.8) is 0 Å². The van der Waals surface area contributed by atoms with E-state index < -0.39 is 0 Å². The molecular weight excluding hydrogens is 328 g/mol. The van der Waals surface area contributed by atoms with E-state index in [4.69, 9.17) is 10.5 Å². The Labute approximate surface area is 137 Å². The molecule has 1 fully saturated rings. The number of rotatable bonds is 6. The second-order valence-electron chi connectivity index (χ2n) is 6.01. The summed E-state index contributed by atoms with van der Waals surface area (Å²) in [6.45, 7) is 4.42. The molecule has 0 bridgehead atoms. The van der Waals surface area contributed by atoms with Gasteiger partial charge in [0.2, 0.25) is 0 Å². The maximum absolute atomic E-state index is 6.04. The molecule has 118 valence electrons. The molecule has 1 saturated carbocycles. The van der Waals surface area contributed by atoms with Gasteiger partial charge in [-0.05, 0) is 72.3 Å². The predicted octanol–water partition coefficient (Wildman–Crippen LogP) is 3.94. The Morgan fingerprint density at radius 1 is 1.29 bits per heavy atom. The van der Waals surface area contributed by atoms with Crippen LogP contribution in [0.1, 0.15) is 44.6 Å². The van der Waals surface area contributed by atoms with Crippen molar-refractivity contribution in [1.29, 1.82) is 0 Å². The van der Waals surface area contributed by atoms with E-state index in [0.717, 1.165) is 36.2 Å². The average molecular weight is 355 g/mol. The Hall–Kier alpha value is -0.580. The van der Waals surface area contributed by atoms with E-state index in [1.165, 1.54) is 24.8 Å². The van der Waals surface area contributed by atoms with Crippen LogP contribution in [0, 0.1) is 0 Å². The number of nitrogens with zero attached hydrogens (tertiary/aromatic N) is 1. The smallest absolute Gasteiger partial charge is 0.133 e. The Balaban J connectivity index is 2.03. The topological polar surface area (TPSA) is 38.5 Å². The Kier molecular flexibility index (Phi) is 6.52. The van der Waals surface area contributed by atoms with Gasteiger partial charge in [0.1, 0.15) is 5.75 Å². The Morgan fingerprint density at radius 3 is 2.57 bits per heavy atom. The maximum Gasteiger partial charge on any atom is 0.133 e. The molecule has 1 aromatic carbocycles. The van der Waals surface area contributed by atoms with Crippen molar-refractivity contribution in [2.75, 3.05) is 13.7 Å². The van der Waals surface area contributed by atoms with E-state index in [2.05, 4.69) is 39.9 Å². The van der Waals surface area contributed by atoms with Crippen LogP contribution in [0.25, 0.3) is 0 Å². The van der Waals surface area contributed by atoms with Crippen molar-refractivity contribution in [2.24, 2.45) is 5.73 Å². The quantitative estimate of drug-likeness (QED) is 0.840. The summed E-state index contributed by atoms with van der Waals surface area (Å²) < 4.78 is 6.34. The second kappa shape index (κ2) is 8.16. The highest BCUT2D eigenvalue weighted by Crippen LogP contribution is 2.28. The molecule has 0 aromatic heterocycles. The monoisotopic (exact) mass is 354 g/mol. The molecule has 2 N–H and O–H groups in total. The maximum atomic E-state index is 6.04. The SMILES string of the molecule is CCCN(Cc1ccc(OC)c(Br)c1)C1CCC(N)CC1. The van der Waals surface area contributed by atoms with Gasteiger partial charge in [0.05, 0.1) is 11.6 Å². The van der Waals surface area contributed by atoms with Crippen LogP contribution in [0.2, 0.25) is 0 Å².